The molecule has 0 spiro atoms. The maximum atomic E-state index is 12.0. The lowest BCUT2D eigenvalue weighted by molar-refractivity contribution is -0.118. The minimum atomic E-state index is -0.257. The Morgan fingerprint density at radius 3 is 2.50 bits per heavy atom. The van der Waals surface area contributed by atoms with Gasteiger partial charge >= 0.3 is 0 Å². The molecule has 0 saturated carbocycles. The van der Waals surface area contributed by atoms with Crippen molar-refractivity contribution in [3.05, 3.63) is 59.2 Å². The van der Waals surface area contributed by atoms with Crippen molar-refractivity contribution >= 4 is 17.4 Å². The summed E-state index contributed by atoms with van der Waals surface area (Å²) in [6, 6.07) is 12.6. The molecule has 0 aliphatic carbocycles. The van der Waals surface area contributed by atoms with E-state index in [1.165, 1.54) is 6.92 Å². The minimum Gasteiger partial charge on any atom is -0.483 e. The van der Waals surface area contributed by atoms with E-state index in [-0.39, 0.29) is 18.3 Å². The molecule has 0 fully saturated rings. The van der Waals surface area contributed by atoms with Crippen molar-refractivity contribution in [1.82, 2.24) is 0 Å². The summed E-state index contributed by atoms with van der Waals surface area (Å²) < 4.78 is 5.47. The van der Waals surface area contributed by atoms with Gasteiger partial charge in [-0.2, -0.15) is 0 Å². The van der Waals surface area contributed by atoms with Gasteiger partial charge in [0.15, 0.2) is 12.4 Å². The standard InChI is InChI=1S/C18H19NO3/c1-12-7-6-9-16(13(12)2)19-18(21)11-22-17-10-5-4-8-15(17)14(3)20/h4-10H,11H2,1-3H3,(H,19,21). The average Bonchev–Trinajstić information content (AvgIpc) is 2.50. The van der Waals surface area contributed by atoms with E-state index in [0.29, 0.717) is 11.3 Å². The molecule has 1 amide bonds. The van der Waals surface area contributed by atoms with E-state index in [1.54, 1.807) is 24.3 Å². The first kappa shape index (κ1) is 15.8. The third-order valence-corrected chi connectivity index (χ3v) is 3.50. The van der Waals surface area contributed by atoms with Gasteiger partial charge in [0.25, 0.3) is 5.91 Å². The van der Waals surface area contributed by atoms with Gasteiger partial charge in [-0.15, -0.1) is 0 Å². The zero-order chi connectivity index (χ0) is 16.1. The number of amides is 1. The topological polar surface area (TPSA) is 55.4 Å². The molecule has 0 atom stereocenters. The van der Waals surface area contributed by atoms with E-state index in [4.69, 9.17) is 4.74 Å². The SMILES string of the molecule is CC(=O)c1ccccc1OCC(=O)Nc1cccc(C)c1C. The molecule has 0 heterocycles. The molecule has 2 aromatic carbocycles. The Bertz CT molecular complexity index is 707. The quantitative estimate of drug-likeness (QED) is 0.859. The van der Waals surface area contributed by atoms with Crippen LogP contribution in [0.5, 0.6) is 5.75 Å². The van der Waals surface area contributed by atoms with Gasteiger partial charge in [0.05, 0.1) is 5.56 Å². The molecule has 0 aliphatic rings. The van der Waals surface area contributed by atoms with Crippen LogP contribution in [0.4, 0.5) is 5.69 Å². The first-order valence-electron chi connectivity index (χ1n) is 7.08. The van der Waals surface area contributed by atoms with Gasteiger partial charge in [-0.05, 0) is 50.1 Å². The Morgan fingerprint density at radius 2 is 1.77 bits per heavy atom. The van der Waals surface area contributed by atoms with Crippen molar-refractivity contribution in [1.29, 1.82) is 0 Å². The van der Waals surface area contributed by atoms with Gasteiger partial charge in [0, 0.05) is 5.69 Å². The number of benzene rings is 2. The normalized spacial score (nSPS) is 10.1. The number of rotatable bonds is 5. The Balaban J connectivity index is 2.02. The minimum absolute atomic E-state index is 0.0921. The molecule has 0 unspecified atom stereocenters. The van der Waals surface area contributed by atoms with Crippen molar-refractivity contribution in [2.45, 2.75) is 20.8 Å². The molecular formula is C18H19NO3. The van der Waals surface area contributed by atoms with E-state index in [2.05, 4.69) is 5.32 Å². The predicted octanol–water partition coefficient (Wildman–Crippen LogP) is 3.52. The molecule has 0 aliphatic heterocycles. The second-order valence-corrected chi connectivity index (χ2v) is 5.14. The molecule has 4 nitrogen and oxygen atoms in total. The van der Waals surface area contributed by atoms with Gasteiger partial charge in [-0.1, -0.05) is 24.3 Å². The van der Waals surface area contributed by atoms with Crippen molar-refractivity contribution in [2.75, 3.05) is 11.9 Å². The number of ketones is 1. The second-order valence-electron chi connectivity index (χ2n) is 5.14. The van der Waals surface area contributed by atoms with Crippen LogP contribution in [0, 0.1) is 13.8 Å². The highest BCUT2D eigenvalue weighted by Gasteiger charge is 2.10. The maximum absolute atomic E-state index is 12.0. The van der Waals surface area contributed by atoms with Crippen LogP contribution in [0.2, 0.25) is 0 Å². The van der Waals surface area contributed by atoms with Crippen LogP contribution in [0.25, 0.3) is 0 Å². The fourth-order valence-corrected chi connectivity index (χ4v) is 2.10. The predicted molar refractivity (Wildman–Crippen MR) is 86.5 cm³/mol. The highest BCUT2D eigenvalue weighted by atomic mass is 16.5. The number of carbonyl (C=O) groups excluding carboxylic acids is 2. The van der Waals surface area contributed by atoms with Crippen LogP contribution < -0.4 is 10.1 Å². The highest BCUT2D eigenvalue weighted by molar-refractivity contribution is 5.97. The first-order valence-corrected chi connectivity index (χ1v) is 7.08. The number of carbonyl (C=O) groups is 2. The number of aryl methyl sites for hydroxylation is 1. The van der Waals surface area contributed by atoms with Crippen LogP contribution in [-0.2, 0) is 4.79 Å². The summed E-state index contributed by atoms with van der Waals surface area (Å²) >= 11 is 0. The third kappa shape index (κ3) is 3.73. The van der Waals surface area contributed by atoms with Crippen LogP contribution >= 0.6 is 0 Å². The number of anilines is 1. The number of hydrogen-bond acceptors (Lipinski definition) is 3. The molecule has 0 aromatic heterocycles. The number of ether oxygens (including phenoxy) is 1. The summed E-state index contributed by atoms with van der Waals surface area (Å²) in [6.07, 6.45) is 0. The van der Waals surface area contributed by atoms with Crippen molar-refractivity contribution < 1.29 is 14.3 Å². The lowest BCUT2D eigenvalue weighted by Gasteiger charge is -2.12. The van der Waals surface area contributed by atoms with Gasteiger partial charge in [-0.3, -0.25) is 9.59 Å². The molecule has 2 aromatic rings. The van der Waals surface area contributed by atoms with Crippen LogP contribution in [-0.4, -0.2) is 18.3 Å². The van der Waals surface area contributed by atoms with Crippen LogP contribution in [0.1, 0.15) is 28.4 Å². The zero-order valence-electron chi connectivity index (χ0n) is 13.0. The summed E-state index contributed by atoms with van der Waals surface area (Å²) in [4.78, 5) is 23.5. The number of nitrogens with one attached hydrogen (secondary N) is 1. The van der Waals surface area contributed by atoms with Crippen molar-refractivity contribution in [2.24, 2.45) is 0 Å². The molecule has 22 heavy (non-hydrogen) atoms. The number of para-hydroxylation sites is 1. The lowest BCUT2D eigenvalue weighted by atomic mass is 10.1. The van der Waals surface area contributed by atoms with Gasteiger partial charge in [0.2, 0.25) is 0 Å². The Hall–Kier alpha value is -2.62. The summed E-state index contributed by atoms with van der Waals surface area (Å²) in [5.41, 5.74) is 3.39. The van der Waals surface area contributed by atoms with E-state index in [9.17, 15) is 9.59 Å². The smallest absolute Gasteiger partial charge is 0.262 e. The van der Waals surface area contributed by atoms with E-state index >= 15 is 0 Å². The molecular weight excluding hydrogens is 278 g/mol. The monoisotopic (exact) mass is 297 g/mol. The van der Waals surface area contributed by atoms with Crippen LogP contribution in [0.3, 0.4) is 0 Å². The van der Waals surface area contributed by atoms with Gasteiger partial charge in [0.1, 0.15) is 5.75 Å². The Morgan fingerprint density at radius 1 is 1.05 bits per heavy atom. The van der Waals surface area contributed by atoms with Gasteiger partial charge < -0.3 is 10.1 Å². The summed E-state index contributed by atoms with van der Waals surface area (Å²) in [5.74, 6) is 0.0729. The average molecular weight is 297 g/mol. The zero-order valence-corrected chi connectivity index (χ0v) is 13.0. The highest BCUT2D eigenvalue weighted by Crippen LogP contribution is 2.20. The fraction of sp³-hybridized carbons (Fsp3) is 0.222. The molecule has 0 saturated heterocycles. The second kappa shape index (κ2) is 6.89. The molecule has 114 valence electrons. The largest absolute Gasteiger partial charge is 0.483 e. The van der Waals surface area contributed by atoms with Crippen molar-refractivity contribution in [3.63, 3.8) is 0 Å². The maximum Gasteiger partial charge on any atom is 0.262 e. The lowest BCUT2D eigenvalue weighted by Crippen LogP contribution is -2.21. The van der Waals surface area contributed by atoms with E-state index in [0.717, 1.165) is 16.8 Å². The van der Waals surface area contributed by atoms with Crippen LogP contribution in [0.15, 0.2) is 42.5 Å². The number of Topliss-reactive ketones (excluding diaryl/α,β-unsaturated/α-hetero) is 1. The Kier molecular flexibility index (Phi) is 4.94. The Labute approximate surface area is 130 Å². The molecule has 2 rings (SSSR count). The van der Waals surface area contributed by atoms with Crippen molar-refractivity contribution in [3.8, 4) is 5.75 Å². The summed E-state index contributed by atoms with van der Waals surface area (Å²) in [5, 5.41) is 2.82. The fourth-order valence-electron chi connectivity index (χ4n) is 2.10. The molecule has 4 heteroatoms. The number of hydrogen-bond donors (Lipinski definition) is 1. The van der Waals surface area contributed by atoms with E-state index in [1.807, 2.05) is 32.0 Å². The first-order chi connectivity index (χ1) is 10.5. The third-order valence-electron chi connectivity index (χ3n) is 3.50. The molecule has 0 radical (unpaired) electrons. The van der Waals surface area contributed by atoms with Gasteiger partial charge in [-0.25, -0.2) is 0 Å². The summed E-state index contributed by atoms with van der Waals surface area (Å²) in [7, 11) is 0. The van der Waals surface area contributed by atoms with E-state index < -0.39 is 0 Å². The molecule has 1 N–H and O–H groups in total. The summed E-state index contributed by atoms with van der Waals surface area (Å²) in [6.45, 7) is 5.28. The molecule has 0 bridgehead atoms.